The normalized spacial score (nSPS) is 15.0. The fraction of sp³-hybridized carbons (Fsp3) is 0.0476. The molecule has 3 aliphatic rings. The summed E-state index contributed by atoms with van der Waals surface area (Å²) in [5.74, 6) is 1.13. The van der Waals surface area contributed by atoms with Gasteiger partial charge in [-0.15, -0.1) is 0 Å². The lowest BCUT2D eigenvalue weighted by molar-refractivity contribution is 0.174. The molecule has 0 bridgehead atoms. The lowest BCUT2D eigenvalue weighted by Crippen LogP contribution is -2.28. The Morgan fingerprint density at radius 1 is 0.333 bits per heavy atom. The fourth-order valence-corrected chi connectivity index (χ4v) is 11.2. The highest BCUT2D eigenvalue weighted by Crippen LogP contribution is 2.59. The van der Waals surface area contributed by atoms with Crippen molar-refractivity contribution >= 4 is 17.1 Å². The van der Waals surface area contributed by atoms with Crippen molar-refractivity contribution in [3.8, 4) is 44.9 Å². The van der Waals surface area contributed by atoms with Crippen LogP contribution in [-0.4, -0.2) is 6.79 Å². The van der Waals surface area contributed by atoms with Gasteiger partial charge >= 0.3 is 0 Å². The number of nitrogens with zero attached hydrogens (tertiary/aromatic N) is 1. The molecule has 13 rings (SSSR count). The van der Waals surface area contributed by atoms with E-state index >= 15 is 0 Å². The minimum absolute atomic E-state index is 0.0735. The summed E-state index contributed by atoms with van der Waals surface area (Å²) in [6, 6.07) is 76.7. The third kappa shape index (κ3) is 5.56. The highest BCUT2D eigenvalue weighted by molar-refractivity contribution is 5.91. The van der Waals surface area contributed by atoms with E-state index in [-0.39, 0.29) is 42.2 Å². The molecule has 66 heavy (non-hydrogen) atoms. The summed E-state index contributed by atoms with van der Waals surface area (Å²) in [5, 5.41) is 0. The predicted octanol–water partition coefficient (Wildman–Crippen LogP) is 15.3. The van der Waals surface area contributed by atoms with Crippen LogP contribution in [0, 0.1) is 0 Å². The molecule has 312 valence electrons. The van der Waals surface area contributed by atoms with Gasteiger partial charge in [-0.05, 0) is 120 Å². The first-order valence-electron chi connectivity index (χ1n) is 24.4. The highest BCUT2D eigenvalue weighted by Gasteiger charge is 2.47. The van der Waals surface area contributed by atoms with Crippen molar-refractivity contribution in [2.75, 3.05) is 11.7 Å². The Bertz CT molecular complexity index is 3590. The molecule has 0 aromatic heterocycles. The van der Waals surface area contributed by atoms with E-state index < -0.39 is 10.8 Å². The van der Waals surface area contributed by atoms with Gasteiger partial charge in [-0.3, -0.25) is 0 Å². The average Bonchev–Trinajstić information content (AvgIpc) is 4.10. The Morgan fingerprint density at radius 2 is 0.758 bits per heavy atom. The van der Waals surface area contributed by atoms with Crippen LogP contribution in [0.25, 0.3) is 33.4 Å². The van der Waals surface area contributed by atoms with E-state index in [1.54, 1.807) is 0 Å². The Kier molecular flexibility index (Phi) is 7.80. The molecule has 0 unspecified atom stereocenters. The summed E-state index contributed by atoms with van der Waals surface area (Å²) in [6.45, 7) is 0.0735. The van der Waals surface area contributed by atoms with E-state index in [0.717, 1.165) is 66.8 Å². The van der Waals surface area contributed by atoms with Gasteiger partial charge in [-0.1, -0.05) is 200 Å². The van der Waals surface area contributed by atoms with Crippen LogP contribution >= 0.6 is 0 Å². The molecule has 10 aromatic rings. The number of fused-ring (bicyclic) bond motifs is 7. The Labute approximate surface area is 391 Å². The van der Waals surface area contributed by atoms with Crippen LogP contribution in [0.1, 0.15) is 50.0 Å². The SMILES string of the molecule is [2H]c1c([2H])c(N(c2ccc3c(c2)OCO3)c2ccc3c(c2)C(c2ccccc2)(c2ccccc2)c2ccccc2-3)c([2H])c([2H])c1-c1ccc2c(c1)C(c1ccccc1)(c1ccccc1)c1ccccc1-2. The summed E-state index contributed by atoms with van der Waals surface area (Å²) >= 11 is 0. The minimum Gasteiger partial charge on any atom is -0.454 e. The molecule has 0 fully saturated rings. The molecule has 3 nitrogen and oxygen atoms in total. The van der Waals surface area contributed by atoms with Gasteiger partial charge in [0.05, 0.1) is 22.0 Å². The first-order chi connectivity index (χ1) is 34.4. The monoisotopic (exact) mass is 849 g/mol. The van der Waals surface area contributed by atoms with E-state index in [1.807, 2.05) is 59.5 Å². The number of rotatable bonds is 8. The van der Waals surface area contributed by atoms with Crippen LogP contribution in [0.15, 0.2) is 249 Å². The third-order valence-electron chi connectivity index (χ3n) is 13.9. The minimum atomic E-state index is -0.717. The molecule has 0 spiro atoms. The standard InChI is InChI=1S/C63H43NO2/c1-5-17-45(18-6-1)62(46-19-7-2-8-20-46)56-27-15-13-25-52(56)54-36-31-44(39-58(54)62)43-29-32-49(33-30-43)64(51-35-38-60-61(41-51)66-42-65-60)50-34-37-55-53-26-14-16-28-57(53)63(59(55)40-50,47-21-9-3-10-22-47)48-23-11-4-12-24-48/h1-41H,42H2/i29D,30D,32D,33D. The van der Waals surface area contributed by atoms with Crippen molar-refractivity contribution in [1.82, 2.24) is 0 Å². The zero-order chi connectivity index (χ0) is 47.1. The van der Waals surface area contributed by atoms with E-state index in [9.17, 15) is 5.48 Å². The van der Waals surface area contributed by atoms with Crippen molar-refractivity contribution in [1.29, 1.82) is 0 Å². The molecule has 3 heteroatoms. The topological polar surface area (TPSA) is 21.7 Å². The van der Waals surface area contributed by atoms with E-state index in [2.05, 4.69) is 170 Å². The van der Waals surface area contributed by atoms with Gasteiger partial charge in [0.2, 0.25) is 6.79 Å². The summed E-state index contributed by atoms with van der Waals surface area (Å²) in [6.07, 6.45) is 0. The largest absolute Gasteiger partial charge is 0.454 e. The summed E-state index contributed by atoms with van der Waals surface area (Å²) < 4.78 is 51.6. The van der Waals surface area contributed by atoms with Gasteiger partial charge in [0.25, 0.3) is 0 Å². The second-order valence-corrected chi connectivity index (χ2v) is 17.1. The van der Waals surface area contributed by atoms with Gasteiger partial charge in [0.1, 0.15) is 0 Å². The van der Waals surface area contributed by atoms with Crippen molar-refractivity contribution < 1.29 is 15.0 Å². The van der Waals surface area contributed by atoms with Gasteiger partial charge in [-0.25, -0.2) is 0 Å². The molecule has 0 saturated heterocycles. The zero-order valence-corrected chi connectivity index (χ0v) is 35.8. The number of hydrogen-bond donors (Lipinski definition) is 0. The van der Waals surface area contributed by atoms with Gasteiger partial charge in [0, 0.05) is 17.4 Å². The summed E-state index contributed by atoms with van der Waals surface area (Å²) in [7, 11) is 0. The summed E-state index contributed by atoms with van der Waals surface area (Å²) in [4.78, 5) is 1.85. The molecule has 1 aliphatic heterocycles. The van der Waals surface area contributed by atoms with Crippen LogP contribution in [0.2, 0.25) is 0 Å². The maximum Gasteiger partial charge on any atom is 0.231 e. The first-order valence-corrected chi connectivity index (χ1v) is 22.4. The average molecular weight is 850 g/mol. The van der Waals surface area contributed by atoms with Crippen LogP contribution in [0.3, 0.4) is 0 Å². The van der Waals surface area contributed by atoms with Crippen molar-refractivity contribution in [2.24, 2.45) is 0 Å². The van der Waals surface area contributed by atoms with E-state index in [4.69, 9.17) is 9.47 Å². The predicted molar refractivity (Wildman–Crippen MR) is 267 cm³/mol. The second kappa shape index (κ2) is 15.1. The zero-order valence-electron chi connectivity index (χ0n) is 39.8. The Hall–Kier alpha value is -8.40. The van der Waals surface area contributed by atoms with Gasteiger partial charge < -0.3 is 14.4 Å². The quantitative estimate of drug-likeness (QED) is 0.152. The van der Waals surface area contributed by atoms with Crippen LogP contribution in [0.5, 0.6) is 11.5 Å². The third-order valence-corrected chi connectivity index (χ3v) is 13.9. The number of benzene rings is 10. The number of anilines is 3. The second-order valence-electron chi connectivity index (χ2n) is 17.1. The molecule has 10 aromatic carbocycles. The van der Waals surface area contributed by atoms with Crippen molar-refractivity contribution in [2.45, 2.75) is 10.8 Å². The maximum absolute atomic E-state index is 10.0. The lowest BCUT2D eigenvalue weighted by Gasteiger charge is -2.35. The molecule has 0 atom stereocenters. The molecule has 2 aliphatic carbocycles. The smallest absolute Gasteiger partial charge is 0.231 e. The molecule has 0 N–H and O–H groups in total. The molecule has 0 radical (unpaired) electrons. The van der Waals surface area contributed by atoms with E-state index in [0.29, 0.717) is 28.4 Å². The molecule has 0 amide bonds. The lowest BCUT2D eigenvalue weighted by atomic mass is 9.67. The van der Waals surface area contributed by atoms with Crippen molar-refractivity contribution in [3.05, 3.63) is 293 Å². The Balaban J connectivity index is 1.04. The fourth-order valence-electron chi connectivity index (χ4n) is 11.2. The molecule has 1 heterocycles. The van der Waals surface area contributed by atoms with Crippen LogP contribution < -0.4 is 14.4 Å². The Morgan fingerprint density at radius 3 is 1.30 bits per heavy atom. The van der Waals surface area contributed by atoms with Gasteiger partial charge in [0.15, 0.2) is 11.5 Å². The molecular weight excluding hydrogens is 803 g/mol. The van der Waals surface area contributed by atoms with Crippen molar-refractivity contribution in [3.63, 3.8) is 0 Å². The van der Waals surface area contributed by atoms with Crippen LogP contribution in [0.4, 0.5) is 17.1 Å². The highest BCUT2D eigenvalue weighted by atomic mass is 16.7. The molecular formula is C63H43NO2. The van der Waals surface area contributed by atoms with Crippen LogP contribution in [-0.2, 0) is 10.8 Å². The molecule has 0 saturated carbocycles. The maximum atomic E-state index is 10.0. The number of hydrogen-bond acceptors (Lipinski definition) is 3. The van der Waals surface area contributed by atoms with E-state index in [1.165, 1.54) is 0 Å². The van der Waals surface area contributed by atoms with Gasteiger partial charge in [-0.2, -0.15) is 0 Å². The summed E-state index contributed by atoms with van der Waals surface area (Å²) in [5.41, 5.74) is 14.0. The number of ether oxygens (including phenoxy) is 2. The first kappa shape index (κ1) is 34.1.